The highest BCUT2D eigenvalue weighted by Crippen LogP contribution is 2.43. The second-order valence-corrected chi connectivity index (χ2v) is 12.7. The molecule has 3 fully saturated rings. The molecule has 0 radical (unpaired) electrons. The van der Waals surface area contributed by atoms with Crippen LogP contribution in [0.25, 0.3) is 5.65 Å². The molecule has 18 heteroatoms. The number of nitrogens with zero attached hydrogens (tertiary/aromatic N) is 6. The van der Waals surface area contributed by atoms with Crippen LogP contribution in [0.4, 0.5) is 31.1 Å². The molecule has 0 bridgehead atoms. The maximum absolute atomic E-state index is 13.7. The first-order chi connectivity index (χ1) is 21.6. The number of rotatable bonds is 12. The van der Waals surface area contributed by atoms with E-state index in [2.05, 4.69) is 25.7 Å². The summed E-state index contributed by atoms with van der Waals surface area (Å²) in [5.74, 6) is -0.629. The van der Waals surface area contributed by atoms with E-state index in [1.807, 2.05) is 5.32 Å². The maximum atomic E-state index is 13.7. The normalized spacial score (nSPS) is 20.7. The standard InChI is InChI=1S/C28H32F6N8O4/c1-26(2,28(32,33)34)8-7-17(37-24(43)23-22(15-3-4-15)39-46-40-23)18-12-42-20(36-18)9-14(11-35-42)10-21(45-16-5-6-16)41-13-19(27(29,30)31)38-25(41)44/h9,11-12,15-17,19,21H,3-8,10,13H2,1-2H3,(H,37,43)(H,38,44)/t17?,19-,21?/m0/s1. The Morgan fingerprint density at radius 2 is 1.89 bits per heavy atom. The van der Waals surface area contributed by atoms with Crippen molar-refractivity contribution in [2.75, 3.05) is 6.54 Å². The van der Waals surface area contributed by atoms with Gasteiger partial charge in [0, 0.05) is 12.3 Å². The van der Waals surface area contributed by atoms with Crippen LogP contribution in [0, 0.1) is 5.41 Å². The number of ether oxygens (including phenoxy) is 1. The van der Waals surface area contributed by atoms with Crippen molar-refractivity contribution in [1.29, 1.82) is 0 Å². The molecule has 3 aliphatic rings. The van der Waals surface area contributed by atoms with Gasteiger partial charge in [-0.05, 0) is 55.3 Å². The van der Waals surface area contributed by atoms with Crippen LogP contribution < -0.4 is 10.6 Å². The third kappa shape index (κ3) is 6.90. The summed E-state index contributed by atoms with van der Waals surface area (Å²) >= 11 is 0. The van der Waals surface area contributed by atoms with E-state index >= 15 is 0 Å². The van der Waals surface area contributed by atoms with Gasteiger partial charge in [-0.1, -0.05) is 19.0 Å². The lowest BCUT2D eigenvalue weighted by molar-refractivity contribution is -0.214. The summed E-state index contributed by atoms with van der Waals surface area (Å²) in [4.78, 5) is 31.2. The zero-order chi connectivity index (χ0) is 33.0. The van der Waals surface area contributed by atoms with Crippen LogP contribution >= 0.6 is 0 Å². The zero-order valence-corrected chi connectivity index (χ0v) is 24.9. The lowest BCUT2D eigenvalue weighted by Gasteiger charge is -2.29. The minimum atomic E-state index is -4.62. The van der Waals surface area contributed by atoms with Crippen LogP contribution in [0.1, 0.15) is 91.8 Å². The van der Waals surface area contributed by atoms with E-state index < -0.39 is 54.6 Å². The molecule has 2 saturated carbocycles. The van der Waals surface area contributed by atoms with E-state index in [-0.39, 0.29) is 48.3 Å². The molecule has 12 nitrogen and oxygen atoms in total. The fourth-order valence-corrected chi connectivity index (χ4v) is 5.21. The van der Waals surface area contributed by atoms with Gasteiger partial charge >= 0.3 is 18.4 Å². The van der Waals surface area contributed by atoms with Crippen molar-refractivity contribution >= 4 is 17.6 Å². The fourth-order valence-electron chi connectivity index (χ4n) is 5.21. The second kappa shape index (κ2) is 11.7. The molecular weight excluding hydrogens is 626 g/mol. The number of carbonyl (C=O) groups is 2. The van der Waals surface area contributed by atoms with Crippen LogP contribution in [0.5, 0.6) is 0 Å². The van der Waals surface area contributed by atoms with E-state index in [1.54, 1.807) is 6.07 Å². The molecule has 3 aromatic heterocycles. The van der Waals surface area contributed by atoms with Crippen LogP contribution in [0.15, 0.2) is 23.1 Å². The first-order valence-corrected chi connectivity index (χ1v) is 14.9. The third-order valence-electron chi connectivity index (χ3n) is 8.54. The Bertz CT molecular complexity index is 1600. The lowest BCUT2D eigenvalue weighted by Crippen LogP contribution is -2.42. The maximum Gasteiger partial charge on any atom is 0.410 e. The number of nitrogens with one attached hydrogen (secondary N) is 2. The van der Waals surface area contributed by atoms with Crippen molar-refractivity contribution < 1.29 is 45.3 Å². The quantitative estimate of drug-likeness (QED) is 0.264. The number of fused-ring (bicyclic) bond motifs is 1. The van der Waals surface area contributed by atoms with Crippen molar-refractivity contribution in [1.82, 2.24) is 40.4 Å². The Balaban J connectivity index is 1.24. The molecule has 46 heavy (non-hydrogen) atoms. The Morgan fingerprint density at radius 1 is 1.15 bits per heavy atom. The molecule has 1 aliphatic heterocycles. The van der Waals surface area contributed by atoms with Gasteiger partial charge in [-0.15, -0.1) is 0 Å². The number of imidazole rings is 1. The smallest absolute Gasteiger partial charge is 0.355 e. The minimum absolute atomic E-state index is 0.0171. The number of amides is 3. The molecule has 0 aromatic carbocycles. The molecule has 6 rings (SSSR count). The van der Waals surface area contributed by atoms with Crippen LogP contribution in [-0.2, 0) is 11.2 Å². The van der Waals surface area contributed by atoms with Gasteiger partial charge in [0.05, 0.1) is 42.2 Å². The van der Waals surface area contributed by atoms with E-state index in [9.17, 15) is 35.9 Å². The summed E-state index contributed by atoms with van der Waals surface area (Å²) in [6, 6.07) is -2.29. The SMILES string of the molecule is CC(C)(CCC(NC(=O)c1nonc1C1CC1)c1cn2ncc(CC(OC3CC3)N3C[C@@H](C(F)(F)F)NC3=O)cc2n1)C(F)(F)F. The van der Waals surface area contributed by atoms with Crippen LogP contribution in [-0.4, -0.2) is 79.0 Å². The van der Waals surface area contributed by atoms with Gasteiger partial charge in [0.2, 0.25) is 0 Å². The van der Waals surface area contributed by atoms with Gasteiger partial charge in [-0.25, -0.2) is 18.9 Å². The summed E-state index contributed by atoms with van der Waals surface area (Å²) < 4.78 is 93.1. The topological polar surface area (TPSA) is 140 Å². The number of alkyl halides is 6. The largest absolute Gasteiger partial charge is 0.410 e. The van der Waals surface area contributed by atoms with Gasteiger partial charge in [0.1, 0.15) is 18.0 Å². The van der Waals surface area contributed by atoms with E-state index in [0.717, 1.165) is 44.4 Å². The summed E-state index contributed by atoms with van der Waals surface area (Å²) in [5, 5.41) is 16.5. The summed E-state index contributed by atoms with van der Waals surface area (Å²) in [5.41, 5.74) is -0.693. The van der Waals surface area contributed by atoms with E-state index in [0.29, 0.717) is 11.3 Å². The van der Waals surface area contributed by atoms with Gasteiger partial charge in [-0.2, -0.15) is 31.4 Å². The van der Waals surface area contributed by atoms with Crippen molar-refractivity contribution in [2.24, 2.45) is 5.41 Å². The molecule has 3 aromatic rings. The molecule has 4 heterocycles. The molecule has 2 aliphatic carbocycles. The highest BCUT2D eigenvalue weighted by molar-refractivity contribution is 5.93. The second-order valence-electron chi connectivity index (χ2n) is 12.7. The van der Waals surface area contributed by atoms with Crippen molar-refractivity contribution in [3.8, 4) is 0 Å². The highest BCUT2D eigenvalue weighted by Gasteiger charge is 2.49. The molecule has 250 valence electrons. The van der Waals surface area contributed by atoms with Crippen molar-refractivity contribution in [3.05, 3.63) is 41.1 Å². The number of aromatic nitrogens is 5. The molecule has 2 N–H and O–H groups in total. The van der Waals surface area contributed by atoms with Gasteiger partial charge in [0.15, 0.2) is 11.3 Å². The van der Waals surface area contributed by atoms with Crippen LogP contribution in [0.2, 0.25) is 0 Å². The fraction of sp³-hybridized carbons (Fsp3) is 0.643. The summed E-state index contributed by atoms with van der Waals surface area (Å²) in [7, 11) is 0. The Morgan fingerprint density at radius 3 is 2.52 bits per heavy atom. The average Bonchev–Trinajstić information content (AvgIpc) is 3.84. The molecule has 3 amide bonds. The van der Waals surface area contributed by atoms with Crippen molar-refractivity contribution in [2.45, 2.75) is 101 Å². The first-order valence-electron chi connectivity index (χ1n) is 14.9. The molecule has 2 unspecified atom stereocenters. The molecule has 0 spiro atoms. The average molecular weight is 659 g/mol. The van der Waals surface area contributed by atoms with Gasteiger partial charge in [0.25, 0.3) is 5.91 Å². The summed E-state index contributed by atoms with van der Waals surface area (Å²) in [6.07, 6.45) is -4.72. The van der Waals surface area contributed by atoms with Gasteiger partial charge < -0.3 is 15.4 Å². The number of urea groups is 1. The molecule has 3 atom stereocenters. The number of hydrogen-bond acceptors (Lipinski definition) is 8. The van der Waals surface area contributed by atoms with E-state index in [4.69, 9.17) is 9.37 Å². The third-order valence-corrected chi connectivity index (χ3v) is 8.54. The predicted octanol–water partition coefficient (Wildman–Crippen LogP) is 4.83. The van der Waals surface area contributed by atoms with E-state index in [1.165, 1.54) is 16.9 Å². The Hall–Kier alpha value is -3.96. The van der Waals surface area contributed by atoms with Crippen LogP contribution in [0.3, 0.4) is 0 Å². The first kappa shape index (κ1) is 32.0. The monoisotopic (exact) mass is 658 g/mol. The minimum Gasteiger partial charge on any atom is -0.355 e. The number of halogens is 6. The lowest BCUT2D eigenvalue weighted by atomic mass is 9.85. The van der Waals surface area contributed by atoms with Crippen molar-refractivity contribution in [3.63, 3.8) is 0 Å². The number of carbonyl (C=O) groups excluding carboxylic acids is 2. The zero-order valence-electron chi connectivity index (χ0n) is 24.9. The molecule has 1 saturated heterocycles. The Labute approximate surface area is 258 Å². The number of hydrogen-bond donors (Lipinski definition) is 2. The highest BCUT2D eigenvalue weighted by atomic mass is 19.4. The van der Waals surface area contributed by atoms with Gasteiger partial charge in [-0.3, -0.25) is 9.69 Å². The predicted molar refractivity (Wildman–Crippen MR) is 145 cm³/mol. The Kier molecular flexibility index (Phi) is 8.13. The summed E-state index contributed by atoms with van der Waals surface area (Å²) in [6.45, 7) is 1.55. The molecular formula is C28H32F6N8O4.